The minimum absolute atomic E-state index is 0.123. The van der Waals surface area contributed by atoms with E-state index in [0.717, 1.165) is 28.2 Å². The summed E-state index contributed by atoms with van der Waals surface area (Å²) in [5.41, 5.74) is 4.25. The summed E-state index contributed by atoms with van der Waals surface area (Å²) >= 11 is 0. The van der Waals surface area contributed by atoms with E-state index in [0.29, 0.717) is 13.2 Å². The Balaban J connectivity index is 1.56. The van der Waals surface area contributed by atoms with E-state index < -0.39 is 0 Å². The number of rotatable bonds is 5. The molecule has 0 radical (unpaired) electrons. The molecule has 1 aromatic heterocycles. The third-order valence-corrected chi connectivity index (χ3v) is 5.06. The van der Waals surface area contributed by atoms with Crippen molar-refractivity contribution >= 4 is 11.0 Å². The molecular weight excluding hydrogens is 363 g/mol. The third-order valence-electron chi connectivity index (χ3n) is 5.06. The van der Waals surface area contributed by atoms with Crippen molar-refractivity contribution in [3.63, 3.8) is 0 Å². The van der Waals surface area contributed by atoms with Gasteiger partial charge in [0.1, 0.15) is 24.0 Å². The Morgan fingerprint density at radius 2 is 1.59 bits per heavy atom. The van der Waals surface area contributed by atoms with Crippen LogP contribution in [0, 0.1) is 5.82 Å². The second-order valence-corrected chi connectivity index (χ2v) is 8.21. The average molecular weight is 388 g/mol. The second kappa shape index (κ2) is 7.70. The second-order valence-electron chi connectivity index (χ2n) is 8.21. The molecular formula is C25H25FN2O. The molecule has 4 rings (SSSR count). The molecule has 0 saturated carbocycles. The van der Waals surface area contributed by atoms with Gasteiger partial charge < -0.3 is 9.30 Å². The summed E-state index contributed by atoms with van der Waals surface area (Å²) in [7, 11) is 0. The average Bonchev–Trinajstić information content (AvgIpc) is 3.07. The first-order valence-corrected chi connectivity index (χ1v) is 9.86. The fraction of sp³-hybridized carbons (Fsp3) is 0.240. The van der Waals surface area contributed by atoms with Crippen LogP contribution < -0.4 is 4.74 Å². The normalized spacial score (nSPS) is 11.7. The summed E-state index contributed by atoms with van der Waals surface area (Å²) in [6.45, 7) is 7.76. The molecule has 1 heterocycles. The fourth-order valence-electron chi connectivity index (χ4n) is 3.43. The van der Waals surface area contributed by atoms with Gasteiger partial charge in [-0.3, -0.25) is 0 Å². The molecule has 0 aliphatic carbocycles. The molecule has 29 heavy (non-hydrogen) atoms. The summed E-state index contributed by atoms with van der Waals surface area (Å²) < 4.78 is 21.5. The number of hydrogen-bond donors (Lipinski definition) is 0. The Labute approximate surface area is 170 Å². The van der Waals surface area contributed by atoms with E-state index >= 15 is 0 Å². The lowest BCUT2D eigenvalue weighted by atomic mass is 9.87. The maximum absolute atomic E-state index is 13.4. The quantitative estimate of drug-likeness (QED) is 0.406. The maximum atomic E-state index is 13.4. The standard InChI is InChI=1S/C25H25FN2O/c1-25(2,3)19-10-14-21(15-11-19)29-17-16-28-23-7-5-4-6-22(23)27-24(28)18-8-12-20(26)13-9-18/h4-15H,16-17H2,1-3H3. The number of hydrogen-bond acceptors (Lipinski definition) is 2. The van der Waals surface area contributed by atoms with Crippen LogP contribution in [-0.4, -0.2) is 16.2 Å². The van der Waals surface area contributed by atoms with Gasteiger partial charge in [0.2, 0.25) is 0 Å². The van der Waals surface area contributed by atoms with Crippen molar-refractivity contribution in [2.75, 3.05) is 6.61 Å². The van der Waals surface area contributed by atoms with Gasteiger partial charge in [-0.25, -0.2) is 9.37 Å². The van der Waals surface area contributed by atoms with E-state index in [1.54, 1.807) is 12.1 Å². The lowest BCUT2D eigenvalue weighted by molar-refractivity contribution is 0.300. The van der Waals surface area contributed by atoms with Crippen molar-refractivity contribution in [1.82, 2.24) is 9.55 Å². The molecule has 0 N–H and O–H groups in total. The molecule has 0 saturated heterocycles. The smallest absolute Gasteiger partial charge is 0.141 e. The van der Waals surface area contributed by atoms with Crippen LogP contribution >= 0.6 is 0 Å². The highest BCUT2D eigenvalue weighted by Gasteiger charge is 2.14. The summed E-state index contributed by atoms with van der Waals surface area (Å²) in [6.07, 6.45) is 0. The SMILES string of the molecule is CC(C)(C)c1ccc(OCCn2c(-c3ccc(F)cc3)nc3ccccc32)cc1. The first-order chi connectivity index (χ1) is 13.9. The highest BCUT2D eigenvalue weighted by Crippen LogP contribution is 2.26. The number of benzene rings is 3. The predicted octanol–water partition coefficient (Wildman–Crippen LogP) is 6.22. The minimum Gasteiger partial charge on any atom is -0.492 e. The minimum atomic E-state index is -0.251. The molecule has 3 nitrogen and oxygen atoms in total. The Morgan fingerprint density at radius 1 is 0.897 bits per heavy atom. The monoisotopic (exact) mass is 388 g/mol. The van der Waals surface area contributed by atoms with Crippen LogP contribution in [-0.2, 0) is 12.0 Å². The van der Waals surface area contributed by atoms with E-state index in [2.05, 4.69) is 37.5 Å². The molecule has 0 spiro atoms. The molecule has 0 amide bonds. The third kappa shape index (κ3) is 4.16. The Kier molecular flexibility index (Phi) is 5.10. The molecule has 0 fully saturated rings. The number of fused-ring (bicyclic) bond motifs is 1. The highest BCUT2D eigenvalue weighted by molar-refractivity contribution is 5.80. The van der Waals surface area contributed by atoms with Gasteiger partial charge in [0.25, 0.3) is 0 Å². The summed E-state index contributed by atoms with van der Waals surface area (Å²) in [4.78, 5) is 4.76. The van der Waals surface area contributed by atoms with E-state index in [1.807, 2.05) is 36.4 Å². The number of nitrogens with zero attached hydrogens (tertiary/aromatic N) is 2. The molecule has 4 heteroatoms. The topological polar surface area (TPSA) is 27.1 Å². The molecule has 0 atom stereocenters. The van der Waals surface area contributed by atoms with Crippen LogP contribution in [0.15, 0.2) is 72.8 Å². The van der Waals surface area contributed by atoms with E-state index in [4.69, 9.17) is 9.72 Å². The number of para-hydroxylation sites is 2. The molecule has 148 valence electrons. The molecule has 3 aromatic carbocycles. The lowest BCUT2D eigenvalue weighted by Crippen LogP contribution is -2.11. The van der Waals surface area contributed by atoms with Gasteiger partial charge in [-0.2, -0.15) is 0 Å². The van der Waals surface area contributed by atoms with Gasteiger partial charge >= 0.3 is 0 Å². The summed E-state index contributed by atoms with van der Waals surface area (Å²) in [5.74, 6) is 1.42. The van der Waals surface area contributed by atoms with Gasteiger partial charge in [0.15, 0.2) is 0 Å². The van der Waals surface area contributed by atoms with Gasteiger partial charge in [-0.1, -0.05) is 45.0 Å². The largest absolute Gasteiger partial charge is 0.492 e. The summed E-state index contributed by atoms with van der Waals surface area (Å²) in [6, 6.07) is 22.7. The first-order valence-electron chi connectivity index (χ1n) is 9.86. The molecule has 0 aliphatic heterocycles. The molecule has 0 bridgehead atoms. The molecule has 0 unspecified atom stereocenters. The van der Waals surface area contributed by atoms with Crippen LogP contribution in [0.1, 0.15) is 26.3 Å². The number of aromatic nitrogens is 2. The maximum Gasteiger partial charge on any atom is 0.141 e. The molecule has 4 aromatic rings. The van der Waals surface area contributed by atoms with Crippen molar-refractivity contribution in [1.29, 1.82) is 0 Å². The van der Waals surface area contributed by atoms with E-state index in [-0.39, 0.29) is 11.2 Å². The van der Waals surface area contributed by atoms with Crippen LogP contribution in [0.25, 0.3) is 22.4 Å². The van der Waals surface area contributed by atoms with Crippen molar-refractivity contribution in [2.24, 2.45) is 0 Å². The molecule has 0 aliphatic rings. The zero-order valence-corrected chi connectivity index (χ0v) is 17.0. The Hall–Kier alpha value is -3.14. The number of halogens is 1. The fourth-order valence-corrected chi connectivity index (χ4v) is 3.43. The van der Waals surface area contributed by atoms with E-state index in [1.165, 1.54) is 17.7 Å². The van der Waals surface area contributed by atoms with E-state index in [9.17, 15) is 4.39 Å². The zero-order valence-electron chi connectivity index (χ0n) is 17.0. The number of imidazole rings is 1. The van der Waals surface area contributed by atoms with Crippen LogP contribution in [0.3, 0.4) is 0 Å². The van der Waals surface area contributed by atoms with Crippen molar-refractivity contribution < 1.29 is 9.13 Å². The lowest BCUT2D eigenvalue weighted by Gasteiger charge is -2.19. The Morgan fingerprint density at radius 3 is 2.28 bits per heavy atom. The zero-order chi connectivity index (χ0) is 20.4. The first kappa shape index (κ1) is 19.2. The van der Waals surface area contributed by atoms with Gasteiger partial charge in [0, 0.05) is 5.56 Å². The van der Waals surface area contributed by atoms with Crippen molar-refractivity contribution in [3.05, 3.63) is 84.2 Å². The highest BCUT2D eigenvalue weighted by atomic mass is 19.1. The van der Waals surface area contributed by atoms with Crippen LogP contribution in [0.2, 0.25) is 0 Å². The number of ether oxygens (including phenoxy) is 1. The van der Waals surface area contributed by atoms with Gasteiger partial charge in [-0.15, -0.1) is 0 Å². The van der Waals surface area contributed by atoms with Crippen LogP contribution in [0.5, 0.6) is 5.75 Å². The predicted molar refractivity (Wildman–Crippen MR) is 116 cm³/mol. The van der Waals surface area contributed by atoms with Gasteiger partial charge in [0.05, 0.1) is 17.6 Å². The van der Waals surface area contributed by atoms with Crippen LogP contribution in [0.4, 0.5) is 4.39 Å². The van der Waals surface area contributed by atoms with Crippen molar-refractivity contribution in [3.8, 4) is 17.1 Å². The summed E-state index contributed by atoms with van der Waals surface area (Å²) in [5, 5.41) is 0. The van der Waals surface area contributed by atoms with Crippen molar-refractivity contribution in [2.45, 2.75) is 32.7 Å². The Bertz CT molecular complexity index is 1110. The van der Waals surface area contributed by atoms with Gasteiger partial charge in [-0.05, 0) is 59.5 Å².